The molecule has 0 aromatic heterocycles. The van der Waals surface area contributed by atoms with Gasteiger partial charge in [-0.3, -0.25) is 0 Å². The summed E-state index contributed by atoms with van der Waals surface area (Å²) >= 11 is 0. The fourth-order valence-electron chi connectivity index (χ4n) is 2.19. The molecule has 0 saturated carbocycles. The van der Waals surface area contributed by atoms with Gasteiger partial charge in [-0.1, -0.05) is 6.07 Å². The van der Waals surface area contributed by atoms with Crippen LogP contribution in [0, 0.1) is 11.6 Å². The molecule has 122 valence electrons. The zero-order valence-corrected chi connectivity index (χ0v) is 13.0. The van der Waals surface area contributed by atoms with Gasteiger partial charge >= 0.3 is 0 Å². The number of halogens is 3. The van der Waals surface area contributed by atoms with Crippen LogP contribution in [0.4, 0.5) is 8.78 Å². The number of nitrogens with zero attached hydrogens (tertiary/aromatic N) is 3. The Morgan fingerprint density at radius 2 is 1.68 bits per heavy atom. The van der Waals surface area contributed by atoms with E-state index >= 15 is 0 Å². The summed E-state index contributed by atoms with van der Waals surface area (Å²) in [6.45, 7) is 1.47. The molecule has 0 amide bonds. The van der Waals surface area contributed by atoms with Crippen LogP contribution >= 0.6 is 12.4 Å². The third kappa shape index (κ3) is 4.84. The summed E-state index contributed by atoms with van der Waals surface area (Å²) in [5.74, 6) is -1.09. The maximum Gasteiger partial charge on any atom is 0.218 e. The zero-order valence-electron chi connectivity index (χ0n) is 12.1. The third-order valence-electron chi connectivity index (χ3n) is 3.37. The summed E-state index contributed by atoms with van der Waals surface area (Å²) in [6, 6.07) is 3.65. The van der Waals surface area contributed by atoms with Crippen molar-refractivity contribution < 1.29 is 8.78 Å². The highest BCUT2D eigenvalue weighted by molar-refractivity contribution is 5.93. The van der Waals surface area contributed by atoms with Gasteiger partial charge in [0.25, 0.3) is 0 Å². The number of nitrogens with two attached hydrogens (primary N) is 2. The molecule has 22 heavy (non-hydrogen) atoms. The number of hydrogen-bond acceptors (Lipinski definition) is 1. The first-order valence-electron chi connectivity index (χ1n) is 6.90. The summed E-state index contributed by atoms with van der Waals surface area (Å²) < 4.78 is 26.9. The van der Waals surface area contributed by atoms with Crippen LogP contribution in [0.15, 0.2) is 28.2 Å². The van der Waals surface area contributed by atoms with E-state index < -0.39 is 11.6 Å². The maximum atomic E-state index is 13.4. The number of rotatable bonds is 2. The van der Waals surface area contributed by atoms with Crippen LogP contribution < -0.4 is 11.5 Å². The molecule has 4 N–H and O–H groups in total. The highest BCUT2D eigenvalue weighted by Crippen LogP contribution is 2.13. The van der Waals surface area contributed by atoms with Crippen molar-refractivity contribution in [2.75, 3.05) is 13.1 Å². The van der Waals surface area contributed by atoms with Crippen molar-refractivity contribution in [3.05, 3.63) is 35.4 Å². The molecule has 2 rings (SSSR count). The lowest BCUT2D eigenvalue weighted by atomic mass is 10.1. The molecule has 5 nitrogen and oxygen atoms in total. The second kappa shape index (κ2) is 8.53. The number of benzene rings is 1. The van der Waals surface area contributed by atoms with Gasteiger partial charge in [-0.15, -0.1) is 12.4 Å². The van der Waals surface area contributed by atoms with Gasteiger partial charge in [0.2, 0.25) is 5.96 Å². The largest absolute Gasteiger partial charge is 0.369 e. The fraction of sp³-hybridized carbons (Fsp3) is 0.429. The average Bonchev–Trinajstić information content (AvgIpc) is 2.47. The van der Waals surface area contributed by atoms with Gasteiger partial charge < -0.3 is 16.4 Å². The van der Waals surface area contributed by atoms with E-state index in [9.17, 15) is 8.78 Å². The van der Waals surface area contributed by atoms with Gasteiger partial charge in [-0.05, 0) is 31.4 Å². The van der Waals surface area contributed by atoms with E-state index in [4.69, 9.17) is 11.5 Å². The predicted molar refractivity (Wildman–Crippen MR) is 86.0 cm³/mol. The van der Waals surface area contributed by atoms with Crippen LogP contribution in [0.25, 0.3) is 0 Å². The Balaban J connectivity index is 0.00000242. The molecule has 1 aromatic carbocycles. The maximum absolute atomic E-state index is 13.4. The minimum atomic E-state index is -0.653. The lowest BCUT2D eigenvalue weighted by molar-refractivity contribution is 0.339. The van der Waals surface area contributed by atoms with Gasteiger partial charge in [0.05, 0.1) is 6.54 Å². The average molecular weight is 332 g/mol. The number of aliphatic imine (C=N–C) groups is 2. The molecule has 1 aliphatic rings. The topological polar surface area (TPSA) is 80.0 Å². The summed E-state index contributed by atoms with van der Waals surface area (Å²) in [5.41, 5.74) is 11.4. The van der Waals surface area contributed by atoms with Gasteiger partial charge in [-0.2, -0.15) is 4.99 Å². The van der Waals surface area contributed by atoms with Gasteiger partial charge in [-0.25, -0.2) is 13.8 Å². The zero-order chi connectivity index (χ0) is 15.2. The number of hydrogen-bond donors (Lipinski definition) is 2. The highest BCUT2D eigenvalue weighted by atomic mass is 35.5. The molecule has 0 bridgehead atoms. The number of piperidine rings is 1. The Morgan fingerprint density at radius 3 is 2.27 bits per heavy atom. The molecule has 0 atom stereocenters. The normalized spacial score (nSPS) is 16.4. The van der Waals surface area contributed by atoms with E-state index in [-0.39, 0.29) is 30.5 Å². The molecule has 0 spiro atoms. The molecule has 8 heteroatoms. The molecule has 0 radical (unpaired) electrons. The molecule has 1 saturated heterocycles. The number of guanidine groups is 2. The van der Waals surface area contributed by atoms with Crippen LogP contribution in [0.2, 0.25) is 0 Å². The van der Waals surface area contributed by atoms with Crippen LogP contribution in [0.5, 0.6) is 0 Å². The Hall–Kier alpha value is -1.89. The first kappa shape index (κ1) is 18.2. The summed E-state index contributed by atoms with van der Waals surface area (Å²) in [5, 5.41) is 0. The Bertz CT molecular complexity index is 536. The van der Waals surface area contributed by atoms with E-state index in [0.29, 0.717) is 5.96 Å². The van der Waals surface area contributed by atoms with Crippen molar-refractivity contribution in [3.8, 4) is 0 Å². The van der Waals surface area contributed by atoms with Crippen LogP contribution in [0.1, 0.15) is 24.8 Å². The minimum absolute atomic E-state index is 0. The second-order valence-electron chi connectivity index (χ2n) is 4.89. The van der Waals surface area contributed by atoms with Crippen LogP contribution in [-0.4, -0.2) is 29.9 Å². The van der Waals surface area contributed by atoms with E-state index in [1.807, 2.05) is 4.90 Å². The van der Waals surface area contributed by atoms with E-state index in [1.165, 1.54) is 24.6 Å². The van der Waals surface area contributed by atoms with Crippen LogP contribution in [-0.2, 0) is 6.54 Å². The third-order valence-corrected chi connectivity index (χ3v) is 3.37. The standard InChI is InChI=1S/C14H19F2N5.ClH/c15-11-5-4-6-12(16)10(11)9-19-13(17)20-14(18)21-7-2-1-3-8-21;/h4-6H,1-3,7-9H2,(H4,17,18,19,20);1H. The first-order chi connectivity index (χ1) is 10.1. The Morgan fingerprint density at radius 1 is 1.09 bits per heavy atom. The monoisotopic (exact) mass is 331 g/mol. The molecular weight excluding hydrogens is 312 g/mol. The van der Waals surface area contributed by atoms with Crippen molar-refractivity contribution in [2.24, 2.45) is 21.5 Å². The van der Waals surface area contributed by atoms with Crippen molar-refractivity contribution in [3.63, 3.8) is 0 Å². The van der Waals surface area contributed by atoms with Gasteiger partial charge in [0.1, 0.15) is 11.6 Å². The summed E-state index contributed by atoms with van der Waals surface area (Å²) in [4.78, 5) is 9.78. The van der Waals surface area contributed by atoms with Crippen molar-refractivity contribution >= 4 is 24.3 Å². The van der Waals surface area contributed by atoms with E-state index in [2.05, 4.69) is 9.98 Å². The Kier molecular flexibility index (Phi) is 7.04. The molecule has 0 unspecified atom stereocenters. The summed E-state index contributed by atoms with van der Waals surface area (Å²) in [7, 11) is 0. The summed E-state index contributed by atoms with van der Waals surface area (Å²) in [6.07, 6.45) is 3.31. The van der Waals surface area contributed by atoms with Crippen molar-refractivity contribution in [1.82, 2.24) is 4.90 Å². The lowest BCUT2D eigenvalue weighted by Gasteiger charge is -2.27. The van der Waals surface area contributed by atoms with Gasteiger partial charge in [0.15, 0.2) is 5.96 Å². The molecular formula is C14H20ClF2N5. The number of likely N-dealkylation sites (tertiary alicyclic amines) is 1. The molecule has 0 aliphatic carbocycles. The lowest BCUT2D eigenvalue weighted by Crippen LogP contribution is -2.41. The van der Waals surface area contributed by atoms with Crippen molar-refractivity contribution in [1.29, 1.82) is 0 Å². The van der Waals surface area contributed by atoms with E-state index in [0.717, 1.165) is 25.9 Å². The molecule has 1 heterocycles. The van der Waals surface area contributed by atoms with Crippen molar-refractivity contribution in [2.45, 2.75) is 25.8 Å². The molecule has 1 fully saturated rings. The molecule has 1 aliphatic heterocycles. The minimum Gasteiger partial charge on any atom is -0.369 e. The first-order valence-corrected chi connectivity index (χ1v) is 6.90. The van der Waals surface area contributed by atoms with Crippen LogP contribution in [0.3, 0.4) is 0 Å². The predicted octanol–water partition coefficient (Wildman–Crippen LogP) is 2.00. The SMILES string of the molecule is Cl.NC(=NCc1c(F)cccc1F)N=C(N)N1CCCCC1. The highest BCUT2D eigenvalue weighted by Gasteiger charge is 2.12. The smallest absolute Gasteiger partial charge is 0.218 e. The van der Waals surface area contributed by atoms with Gasteiger partial charge in [0, 0.05) is 18.7 Å². The Labute approximate surface area is 134 Å². The quantitative estimate of drug-likeness (QED) is 0.642. The second-order valence-corrected chi connectivity index (χ2v) is 4.89. The molecule has 1 aromatic rings. The van der Waals surface area contributed by atoms with E-state index in [1.54, 1.807) is 0 Å². The fourth-order valence-corrected chi connectivity index (χ4v) is 2.19.